The molecule has 0 atom stereocenters. The molecule has 0 aliphatic heterocycles. The van der Waals surface area contributed by atoms with E-state index in [-0.39, 0.29) is 15.7 Å². The minimum atomic E-state index is -3.71. The maximum Gasteiger partial charge on any atom is 0.245 e. The van der Waals surface area contributed by atoms with Gasteiger partial charge in [-0.1, -0.05) is 40.9 Å². The van der Waals surface area contributed by atoms with Crippen molar-refractivity contribution in [2.24, 2.45) is 0 Å². The van der Waals surface area contributed by atoms with Crippen LogP contribution in [0.5, 0.6) is 0 Å². The number of halogens is 3. The predicted molar refractivity (Wildman–Crippen MR) is 103 cm³/mol. The largest absolute Gasteiger partial charge is 0.324 e. The van der Waals surface area contributed by atoms with Crippen molar-refractivity contribution in [1.82, 2.24) is 0 Å². The number of aryl methyl sites for hydroxylation is 1. The van der Waals surface area contributed by atoms with Crippen molar-refractivity contribution in [3.63, 3.8) is 0 Å². The van der Waals surface area contributed by atoms with E-state index in [0.717, 1.165) is 16.1 Å². The first-order chi connectivity index (χ1) is 11.6. The molecule has 0 aliphatic carbocycles. The van der Waals surface area contributed by atoms with Gasteiger partial charge in [-0.05, 0) is 42.8 Å². The highest BCUT2D eigenvalue weighted by Gasteiger charge is 2.21. The smallest absolute Gasteiger partial charge is 0.245 e. The van der Waals surface area contributed by atoms with Crippen LogP contribution in [0.1, 0.15) is 5.56 Å². The first-order valence-corrected chi connectivity index (χ1v) is 10.0. The summed E-state index contributed by atoms with van der Waals surface area (Å²) in [7, 11) is -3.71. The summed E-state index contributed by atoms with van der Waals surface area (Å²) >= 11 is 17.8. The van der Waals surface area contributed by atoms with Gasteiger partial charge in [0, 0.05) is 10.7 Å². The average molecular weight is 422 g/mol. The van der Waals surface area contributed by atoms with Gasteiger partial charge in [0.1, 0.15) is 6.54 Å². The van der Waals surface area contributed by atoms with Crippen molar-refractivity contribution >= 4 is 62.1 Å². The molecule has 134 valence electrons. The number of nitrogens with zero attached hydrogens (tertiary/aromatic N) is 1. The Balaban J connectivity index is 2.23. The quantitative estimate of drug-likeness (QED) is 0.780. The van der Waals surface area contributed by atoms with Crippen molar-refractivity contribution in [1.29, 1.82) is 0 Å². The Morgan fingerprint density at radius 2 is 1.72 bits per heavy atom. The van der Waals surface area contributed by atoms with E-state index in [0.29, 0.717) is 10.7 Å². The highest BCUT2D eigenvalue weighted by Crippen LogP contribution is 2.28. The monoisotopic (exact) mass is 420 g/mol. The second kappa shape index (κ2) is 7.83. The lowest BCUT2D eigenvalue weighted by atomic mass is 10.2. The Bertz CT molecular complexity index is 917. The minimum absolute atomic E-state index is 0.193. The summed E-state index contributed by atoms with van der Waals surface area (Å²) in [6.07, 6.45) is 1.01. The van der Waals surface area contributed by atoms with Gasteiger partial charge in [0.2, 0.25) is 15.9 Å². The fourth-order valence-electron chi connectivity index (χ4n) is 2.04. The highest BCUT2D eigenvalue weighted by atomic mass is 35.5. The number of hydrogen-bond acceptors (Lipinski definition) is 3. The normalized spacial score (nSPS) is 11.2. The zero-order chi connectivity index (χ0) is 18.8. The van der Waals surface area contributed by atoms with Gasteiger partial charge in [-0.2, -0.15) is 0 Å². The molecule has 25 heavy (non-hydrogen) atoms. The summed E-state index contributed by atoms with van der Waals surface area (Å²) in [5.74, 6) is -0.517. The number of nitrogens with one attached hydrogen (secondary N) is 1. The van der Waals surface area contributed by atoms with E-state index in [9.17, 15) is 13.2 Å². The standard InChI is InChI=1S/C16H15Cl3N2O3S/c1-10-3-4-11(7-14(10)18)20-16(22)9-21(25(2,23)24)12-5-6-13(17)15(19)8-12/h3-8H,9H2,1-2H3,(H,20,22). The zero-order valence-electron chi connectivity index (χ0n) is 13.4. The van der Waals surface area contributed by atoms with Gasteiger partial charge in [-0.25, -0.2) is 8.42 Å². The number of anilines is 2. The van der Waals surface area contributed by atoms with Crippen LogP contribution in [-0.2, 0) is 14.8 Å². The van der Waals surface area contributed by atoms with E-state index < -0.39 is 22.5 Å². The van der Waals surface area contributed by atoms with Gasteiger partial charge >= 0.3 is 0 Å². The van der Waals surface area contributed by atoms with E-state index >= 15 is 0 Å². The molecule has 0 bridgehead atoms. The summed E-state index contributed by atoms with van der Waals surface area (Å²) in [5, 5.41) is 3.60. The molecule has 5 nitrogen and oxygen atoms in total. The van der Waals surface area contributed by atoms with Gasteiger partial charge in [0.05, 0.1) is 22.0 Å². The lowest BCUT2D eigenvalue weighted by molar-refractivity contribution is -0.114. The van der Waals surface area contributed by atoms with Crippen molar-refractivity contribution in [2.45, 2.75) is 6.92 Å². The molecule has 2 aromatic rings. The fraction of sp³-hybridized carbons (Fsp3) is 0.188. The van der Waals surface area contributed by atoms with Crippen LogP contribution in [0.3, 0.4) is 0 Å². The Labute approximate surface area is 161 Å². The number of rotatable bonds is 5. The van der Waals surface area contributed by atoms with Crippen LogP contribution >= 0.6 is 34.8 Å². The molecule has 0 saturated heterocycles. The van der Waals surface area contributed by atoms with Crippen LogP contribution in [0.15, 0.2) is 36.4 Å². The lowest BCUT2D eigenvalue weighted by Crippen LogP contribution is -2.37. The molecule has 0 spiro atoms. The molecule has 2 rings (SSSR count). The molecule has 2 aromatic carbocycles. The Kier molecular flexibility index (Phi) is 6.21. The van der Waals surface area contributed by atoms with Crippen LogP contribution in [0.4, 0.5) is 11.4 Å². The molecule has 0 heterocycles. The predicted octanol–water partition coefficient (Wildman–Crippen LogP) is 4.36. The lowest BCUT2D eigenvalue weighted by Gasteiger charge is -2.22. The molecule has 0 radical (unpaired) electrons. The van der Waals surface area contributed by atoms with Crippen molar-refractivity contribution in [2.75, 3.05) is 22.4 Å². The van der Waals surface area contributed by atoms with Crippen LogP contribution < -0.4 is 9.62 Å². The van der Waals surface area contributed by atoms with Gasteiger partial charge in [-0.15, -0.1) is 0 Å². The first-order valence-electron chi connectivity index (χ1n) is 7.06. The molecule has 0 unspecified atom stereocenters. The van der Waals surface area contributed by atoms with E-state index in [4.69, 9.17) is 34.8 Å². The average Bonchev–Trinajstić information content (AvgIpc) is 2.50. The summed E-state index contributed by atoms with van der Waals surface area (Å²) in [6, 6.07) is 9.37. The molecule has 0 fully saturated rings. The maximum atomic E-state index is 12.3. The van der Waals surface area contributed by atoms with E-state index in [2.05, 4.69) is 5.32 Å². The van der Waals surface area contributed by atoms with Crippen LogP contribution in [0, 0.1) is 6.92 Å². The number of amides is 1. The van der Waals surface area contributed by atoms with Crippen molar-refractivity contribution in [3.05, 3.63) is 57.0 Å². The Morgan fingerprint density at radius 3 is 2.28 bits per heavy atom. The minimum Gasteiger partial charge on any atom is -0.324 e. The summed E-state index contributed by atoms with van der Waals surface area (Å²) < 4.78 is 25.1. The highest BCUT2D eigenvalue weighted by molar-refractivity contribution is 7.92. The first kappa shape index (κ1) is 19.8. The van der Waals surface area contributed by atoms with Crippen LogP contribution in [-0.4, -0.2) is 27.1 Å². The van der Waals surface area contributed by atoms with Gasteiger partial charge in [0.15, 0.2) is 0 Å². The third-order valence-electron chi connectivity index (χ3n) is 3.33. The molecule has 9 heteroatoms. The molecule has 0 aromatic heterocycles. The number of carbonyl (C=O) groups excluding carboxylic acids is 1. The number of benzene rings is 2. The molecular formula is C16H15Cl3N2O3S. The van der Waals surface area contributed by atoms with Crippen molar-refractivity contribution < 1.29 is 13.2 Å². The summed E-state index contributed by atoms with van der Waals surface area (Å²) in [5.41, 5.74) is 1.59. The topological polar surface area (TPSA) is 66.5 Å². The number of carbonyl (C=O) groups is 1. The van der Waals surface area contributed by atoms with Gasteiger partial charge in [0.25, 0.3) is 0 Å². The van der Waals surface area contributed by atoms with E-state index in [1.54, 1.807) is 18.2 Å². The summed E-state index contributed by atoms with van der Waals surface area (Å²) in [6.45, 7) is 1.42. The fourth-order valence-corrected chi connectivity index (χ4v) is 3.36. The zero-order valence-corrected chi connectivity index (χ0v) is 16.5. The van der Waals surface area contributed by atoms with Gasteiger partial charge in [-0.3, -0.25) is 9.10 Å². The van der Waals surface area contributed by atoms with E-state index in [1.165, 1.54) is 18.2 Å². The second-order valence-electron chi connectivity index (χ2n) is 5.38. The maximum absolute atomic E-state index is 12.3. The Morgan fingerprint density at radius 1 is 1.04 bits per heavy atom. The third kappa shape index (κ3) is 5.25. The second-order valence-corrected chi connectivity index (χ2v) is 8.51. The van der Waals surface area contributed by atoms with Crippen LogP contribution in [0.25, 0.3) is 0 Å². The molecule has 1 amide bonds. The summed E-state index contributed by atoms with van der Waals surface area (Å²) in [4.78, 5) is 12.3. The SMILES string of the molecule is Cc1ccc(NC(=O)CN(c2ccc(Cl)c(Cl)c2)S(C)(=O)=O)cc1Cl. The third-order valence-corrected chi connectivity index (χ3v) is 5.62. The molecule has 0 saturated carbocycles. The molecular weight excluding hydrogens is 407 g/mol. The number of sulfonamides is 1. The molecule has 1 N–H and O–H groups in total. The Hall–Kier alpha value is -1.47. The van der Waals surface area contributed by atoms with Crippen molar-refractivity contribution in [3.8, 4) is 0 Å². The van der Waals surface area contributed by atoms with Crippen LogP contribution in [0.2, 0.25) is 15.1 Å². The number of hydrogen-bond donors (Lipinski definition) is 1. The van der Waals surface area contributed by atoms with Gasteiger partial charge < -0.3 is 5.32 Å². The molecule has 0 aliphatic rings. The van der Waals surface area contributed by atoms with E-state index in [1.807, 2.05) is 6.92 Å².